The van der Waals surface area contributed by atoms with Gasteiger partial charge in [0.05, 0.1) is 0 Å². The minimum atomic E-state index is -0.539. The molecule has 0 aliphatic carbocycles. The largest absolute Gasteiger partial charge is 0.396 e. The lowest BCUT2D eigenvalue weighted by Gasteiger charge is -2.27. The topological polar surface area (TPSA) is 75.3 Å². The van der Waals surface area contributed by atoms with E-state index in [1.165, 1.54) is 0 Å². The molecule has 66 valence electrons. The van der Waals surface area contributed by atoms with E-state index in [0.717, 1.165) is 6.42 Å². The SMILES string of the molecule is CCC(C)(CCO)NC(N)=O. The third-order valence-corrected chi connectivity index (χ3v) is 1.87. The maximum Gasteiger partial charge on any atom is 0.312 e. The Bertz CT molecular complexity index is 138. The predicted octanol–water partition coefficient (Wildman–Crippen LogP) is 0.206. The van der Waals surface area contributed by atoms with Gasteiger partial charge < -0.3 is 16.2 Å². The van der Waals surface area contributed by atoms with Crippen LogP contribution in [0.2, 0.25) is 0 Å². The number of nitrogens with two attached hydrogens (primary N) is 1. The van der Waals surface area contributed by atoms with E-state index in [0.29, 0.717) is 6.42 Å². The first-order valence-electron chi connectivity index (χ1n) is 3.72. The normalized spacial score (nSPS) is 15.5. The summed E-state index contributed by atoms with van der Waals surface area (Å²) in [6, 6.07) is -0.539. The first kappa shape index (κ1) is 10.2. The van der Waals surface area contributed by atoms with Crippen molar-refractivity contribution in [2.75, 3.05) is 6.61 Å². The Labute approximate surface area is 66.8 Å². The summed E-state index contributed by atoms with van der Waals surface area (Å²) in [4.78, 5) is 10.5. The molecule has 1 atom stereocenters. The Morgan fingerprint density at radius 2 is 2.27 bits per heavy atom. The Balaban J connectivity index is 3.98. The van der Waals surface area contributed by atoms with Gasteiger partial charge in [-0.2, -0.15) is 0 Å². The van der Waals surface area contributed by atoms with Crippen molar-refractivity contribution in [1.82, 2.24) is 5.32 Å². The maximum absolute atomic E-state index is 10.5. The lowest BCUT2D eigenvalue weighted by atomic mass is 9.95. The van der Waals surface area contributed by atoms with E-state index in [1.54, 1.807) is 0 Å². The van der Waals surface area contributed by atoms with Gasteiger partial charge in [-0.1, -0.05) is 6.92 Å². The van der Waals surface area contributed by atoms with Crippen molar-refractivity contribution < 1.29 is 9.90 Å². The fraction of sp³-hybridized carbons (Fsp3) is 0.857. The third-order valence-electron chi connectivity index (χ3n) is 1.87. The van der Waals surface area contributed by atoms with Gasteiger partial charge in [0.2, 0.25) is 0 Å². The number of hydrogen-bond acceptors (Lipinski definition) is 2. The van der Waals surface area contributed by atoms with Crippen LogP contribution in [0.1, 0.15) is 26.7 Å². The number of primary amides is 1. The van der Waals surface area contributed by atoms with E-state index in [1.807, 2.05) is 13.8 Å². The number of urea groups is 1. The van der Waals surface area contributed by atoms with Gasteiger partial charge in [0.25, 0.3) is 0 Å². The van der Waals surface area contributed by atoms with E-state index < -0.39 is 6.03 Å². The first-order valence-corrected chi connectivity index (χ1v) is 3.72. The fourth-order valence-electron chi connectivity index (χ4n) is 0.872. The minimum Gasteiger partial charge on any atom is -0.396 e. The molecular weight excluding hydrogens is 144 g/mol. The Morgan fingerprint density at radius 1 is 1.73 bits per heavy atom. The van der Waals surface area contributed by atoms with Crippen LogP contribution < -0.4 is 11.1 Å². The molecule has 0 saturated heterocycles. The number of hydrogen-bond donors (Lipinski definition) is 3. The van der Waals surface area contributed by atoms with Crippen molar-refractivity contribution in [2.24, 2.45) is 5.73 Å². The number of rotatable bonds is 4. The lowest BCUT2D eigenvalue weighted by molar-refractivity contribution is 0.206. The summed E-state index contributed by atoms with van der Waals surface area (Å²) in [5, 5.41) is 11.2. The van der Waals surface area contributed by atoms with Crippen LogP contribution in [0.4, 0.5) is 4.79 Å². The van der Waals surface area contributed by atoms with Crippen molar-refractivity contribution in [3.05, 3.63) is 0 Å². The molecular formula is C7H16N2O2. The van der Waals surface area contributed by atoms with Crippen molar-refractivity contribution in [3.63, 3.8) is 0 Å². The molecule has 0 rings (SSSR count). The van der Waals surface area contributed by atoms with Crippen LogP contribution in [-0.2, 0) is 0 Å². The summed E-state index contributed by atoms with van der Waals surface area (Å²) in [7, 11) is 0. The van der Waals surface area contributed by atoms with Crippen molar-refractivity contribution >= 4 is 6.03 Å². The highest BCUT2D eigenvalue weighted by Gasteiger charge is 2.21. The summed E-state index contributed by atoms with van der Waals surface area (Å²) >= 11 is 0. The lowest BCUT2D eigenvalue weighted by Crippen LogP contribution is -2.48. The summed E-state index contributed by atoms with van der Waals surface area (Å²) in [6.07, 6.45) is 1.29. The molecule has 0 aromatic carbocycles. The quantitative estimate of drug-likeness (QED) is 0.549. The van der Waals surface area contributed by atoms with Gasteiger partial charge in [-0.25, -0.2) is 4.79 Å². The van der Waals surface area contributed by atoms with Gasteiger partial charge in [0.15, 0.2) is 0 Å². The zero-order chi connectivity index (χ0) is 8.91. The van der Waals surface area contributed by atoms with E-state index in [2.05, 4.69) is 5.32 Å². The molecule has 0 aliphatic heterocycles. The zero-order valence-electron chi connectivity index (χ0n) is 7.05. The van der Waals surface area contributed by atoms with Gasteiger partial charge in [0, 0.05) is 12.1 Å². The maximum atomic E-state index is 10.5. The molecule has 4 N–H and O–H groups in total. The van der Waals surface area contributed by atoms with Crippen LogP contribution in [0, 0.1) is 0 Å². The molecule has 0 aliphatic rings. The molecule has 0 aromatic heterocycles. The zero-order valence-corrected chi connectivity index (χ0v) is 7.05. The number of carbonyl (C=O) groups excluding carboxylic acids is 1. The van der Waals surface area contributed by atoms with Crippen LogP contribution in [0.25, 0.3) is 0 Å². The Hall–Kier alpha value is -0.770. The second-order valence-corrected chi connectivity index (χ2v) is 2.88. The monoisotopic (exact) mass is 160 g/mol. The fourth-order valence-corrected chi connectivity index (χ4v) is 0.872. The second kappa shape index (κ2) is 4.18. The summed E-state index contributed by atoms with van der Waals surface area (Å²) in [5.74, 6) is 0. The Morgan fingerprint density at radius 3 is 2.55 bits per heavy atom. The van der Waals surface area contributed by atoms with Crippen molar-refractivity contribution in [2.45, 2.75) is 32.2 Å². The highest BCUT2D eigenvalue weighted by atomic mass is 16.3. The van der Waals surface area contributed by atoms with Gasteiger partial charge in [-0.3, -0.25) is 0 Å². The molecule has 4 nitrogen and oxygen atoms in total. The number of aliphatic hydroxyl groups is 1. The molecule has 0 radical (unpaired) electrons. The number of nitrogens with one attached hydrogen (secondary N) is 1. The summed E-state index contributed by atoms with van der Waals surface area (Å²) in [5.41, 5.74) is 4.59. The Kier molecular flexibility index (Phi) is 3.89. The number of amides is 2. The smallest absolute Gasteiger partial charge is 0.312 e. The van der Waals surface area contributed by atoms with Crippen LogP contribution in [0.3, 0.4) is 0 Å². The van der Waals surface area contributed by atoms with Gasteiger partial charge in [-0.05, 0) is 19.8 Å². The average molecular weight is 160 g/mol. The molecule has 0 heterocycles. The number of aliphatic hydroxyl groups excluding tert-OH is 1. The molecule has 4 heteroatoms. The standard InChI is InChI=1S/C7H16N2O2/c1-3-7(2,4-5-10)9-6(8)11/h10H,3-5H2,1-2H3,(H3,8,9,11). The molecule has 0 bridgehead atoms. The molecule has 0 fully saturated rings. The summed E-state index contributed by atoms with van der Waals surface area (Å²) in [6.45, 7) is 3.85. The van der Waals surface area contributed by atoms with Crippen molar-refractivity contribution in [3.8, 4) is 0 Å². The first-order chi connectivity index (χ1) is 5.04. The van der Waals surface area contributed by atoms with Gasteiger partial charge >= 0.3 is 6.03 Å². The van der Waals surface area contributed by atoms with Crippen LogP contribution >= 0.6 is 0 Å². The van der Waals surface area contributed by atoms with Crippen LogP contribution in [0.15, 0.2) is 0 Å². The molecule has 1 unspecified atom stereocenters. The summed E-state index contributed by atoms with van der Waals surface area (Å²) < 4.78 is 0. The third kappa shape index (κ3) is 3.83. The van der Waals surface area contributed by atoms with Crippen LogP contribution in [-0.4, -0.2) is 23.3 Å². The molecule has 0 saturated carbocycles. The highest BCUT2D eigenvalue weighted by Crippen LogP contribution is 2.12. The van der Waals surface area contributed by atoms with E-state index >= 15 is 0 Å². The van der Waals surface area contributed by atoms with Gasteiger partial charge in [-0.15, -0.1) is 0 Å². The number of carbonyl (C=O) groups is 1. The van der Waals surface area contributed by atoms with Crippen LogP contribution in [0.5, 0.6) is 0 Å². The molecule has 0 aromatic rings. The molecule has 11 heavy (non-hydrogen) atoms. The van der Waals surface area contributed by atoms with E-state index in [4.69, 9.17) is 10.8 Å². The predicted molar refractivity (Wildman–Crippen MR) is 43.1 cm³/mol. The minimum absolute atomic E-state index is 0.0601. The molecule has 2 amide bonds. The van der Waals surface area contributed by atoms with E-state index in [9.17, 15) is 4.79 Å². The molecule has 0 spiro atoms. The van der Waals surface area contributed by atoms with E-state index in [-0.39, 0.29) is 12.1 Å². The highest BCUT2D eigenvalue weighted by molar-refractivity contribution is 5.72. The average Bonchev–Trinajstić information content (AvgIpc) is 1.87. The second-order valence-electron chi connectivity index (χ2n) is 2.88. The van der Waals surface area contributed by atoms with Gasteiger partial charge in [0.1, 0.15) is 0 Å². The van der Waals surface area contributed by atoms with Crippen molar-refractivity contribution in [1.29, 1.82) is 0 Å².